The average Bonchev–Trinajstić information content (AvgIpc) is 2.04. The summed E-state index contributed by atoms with van der Waals surface area (Å²) in [6, 6.07) is 0. The van der Waals surface area contributed by atoms with Crippen LogP contribution in [0, 0.1) is 0 Å². The zero-order valence-corrected chi connectivity index (χ0v) is 8.72. The minimum Gasteiger partial charge on any atom is -0.466 e. The first-order valence-electron chi connectivity index (χ1n) is 4.54. The van der Waals surface area contributed by atoms with Crippen molar-refractivity contribution in [2.75, 3.05) is 25.5 Å². The van der Waals surface area contributed by atoms with Gasteiger partial charge in [-0.2, -0.15) is 0 Å². The third kappa shape index (κ3) is 3.49. The van der Waals surface area contributed by atoms with E-state index in [2.05, 4.69) is 0 Å². The van der Waals surface area contributed by atoms with E-state index in [1.54, 1.807) is 6.92 Å². The van der Waals surface area contributed by atoms with Crippen LogP contribution in [0.4, 0.5) is 0 Å². The molecule has 4 nitrogen and oxygen atoms in total. The van der Waals surface area contributed by atoms with E-state index in [0.717, 1.165) is 12.8 Å². The Morgan fingerprint density at radius 3 is 2.85 bits per heavy atom. The Morgan fingerprint density at radius 2 is 2.31 bits per heavy atom. The van der Waals surface area contributed by atoms with Gasteiger partial charge in [0.1, 0.15) is 6.16 Å². The van der Waals surface area contributed by atoms with Gasteiger partial charge in [0.2, 0.25) is 7.37 Å². The normalized spacial score (nSPS) is 28.4. The smallest absolute Gasteiger partial charge is 0.315 e. The van der Waals surface area contributed by atoms with Crippen molar-refractivity contribution in [3.05, 3.63) is 0 Å². The van der Waals surface area contributed by atoms with Gasteiger partial charge in [-0.15, -0.1) is 0 Å². The van der Waals surface area contributed by atoms with Crippen molar-refractivity contribution in [3.8, 4) is 0 Å². The summed E-state index contributed by atoms with van der Waals surface area (Å²) < 4.78 is 21.7. The summed E-state index contributed by atoms with van der Waals surface area (Å²) in [6.45, 7) is 2.57. The zero-order chi connectivity index (χ0) is 9.73. The molecular weight excluding hydrogens is 191 g/mol. The summed E-state index contributed by atoms with van der Waals surface area (Å²) in [7, 11) is -2.67. The SMILES string of the molecule is CCOC(=O)CP1(=O)CCCCO1. The van der Waals surface area contributed by atoms with Gasteiger partial charge in [0.05, 0.1) is 13.2 Å². The zero-order valence-electron chi connectivity index (χ0n) is 7.82. The monoisotopic (exact) mass is 206 g/mol. The molecule has 0 amide bonds. The molecule has 0 bridgehead atoms. The molecule has 0 saturated carbocycles. The lowest BCUT2D eigenvalue weighted by molar-refractivity contribution is -0.140. The molecule has 0 aromatic rings. The third-order valence-electron chi connectivity index (χ3n) is 1.90. The van der Waals surface area contributed by atoms with Crippen LogP contribution in [0.2, 0.25) is 0 Å². The second-order valence-electron chi connectivity index (χ2n) is 3.04. The Labute approximate surface area is 78.1 Å². The van der Waals surface area contributed by atoms with Gasteiger partial charge in [0, 0.05) is 6.16 Å². The molecule has 1 fully saturated rings. The molecule has 13 heavy (non-hydrogen) atoms. The molecule has 0 spiro atoms. The largest absolute Gasteiger partial charge is 0.466 e. The Balaban J connectivity index is 2.41. The highest BCUT2D eigenvalue weighted by molar-refractivity contribution is 7.59. The van der Waals surface area contributed by atoms with Gasteiger partial charge in [0.15, 0.2) is 0 Å². The number of carbonyl (C=O) groups is 1. The molecule has 1 atom stereocenters. The first-order chi connectivity index (χ1) is 6.16. The van der Waals surface area contributed by atoms with Gasteiger partial charge in [-0.1, -0.05) is 0 Å². The molecule has 0 N–H and O–H groups in total. The van der Waals surface area contributed by atoms with Crippen molar-refractivity contribution in [1.82, 2.24) is 0 Å². The summed E-state index contributed by atoms with van der Waals surface area (Å²) >= 11 is 0. The number of hydrogen-bond acceptors (Lipinski definition) is 4. The maximum atomic E-state index is 11.8. The molecule has 0 aromatic heterocycles. The van der Waals surface area contributed by atoms with Gasteiger partial charge in [0.25, 0.3) is 0 Å². The van der Waals surface area contributed by atoms with Crippen molar-refractivity contribution in [2.45, 2.75) is 19.8 Å². The molecule has 76 valence electrons. The summed E-state index contributed by atoms with van der Waals surface area (Å²) in [5.41, 5.74) is 0. The molecule has 5 heteroatoms. The highest BCUT2D eigenvalue weighted by atomic mass is 31.2. The number of ether oxygens (including phenoxy) is 1. The Bertz CT molecular complexity index is 216. The highest BCUT2D eigenvalue weighted by Gasteiger charge is 2.29. The van der Waals surface area contributed by atoms with E-state index in [4.69, 9.17) is 9.26 Å². The van der Waals surface area contributed by atoms with Gasteiger partial charge in [-0.25, -0.2) is 0 Å². The van der Waals surface area contributed by atoms with E-state index in [9.17, 15) is 9.36 Å². The topological polar surface area (TPSA) is 52.6 Å². The summed E-state index contributed by atoms with van der Waals surface area (Å²) in [4.78, 5) is 11.0. The maximum Gasteiger partial charge on any atom is 0.315 e. The second kappa shape index (κ2) is 4.77. The van der Waals surface area contributed by atoms with E-state index in [-0.39, 0.29) is 6.16 Å². The van der Waals surface area contributed by atoms with Crippen molar-refractivity contribution < 1.29 is 18.6 Å². The first-order valence-corrected chi connectivity index (χ1v) is 6.54. The third-order valence-corrected chi connectivity index (χ3v) is 4.29. The van der Waals surface area contributed by atoms with Crippen molar-refractivity contribution >= 4 is 13.3 Å². The maximum absolute atomic E-state index is 11.8. The Kier molecular flexibility index (Phi) is 3.94. The Hall–Kier alpha value is -0.340. The van der Waals surface area contributed by atoms with Crippen LogP contribution in [0.25, 0.3) is 0 Å². The van der Waals surface area contributed by atoms with E-state index in [0.29, 0.717) is 19.4 Å². The van der Waals surface area contributed by atoms with Crippen LogP contribution in [0.1, 0.15) is 19.8 Å². The number of rotatable bonds is 3. The quantitative estimate of drug-likeness (QED) is 0.520. The molecule has 0 radical (unpaired) electrons. The average molecular weight is 206 g/mol. The van der Waals surface area contributed by atoms with Crippen LogP contribution >= 0.6 is 7.37 Å². The number of hydrogen-bond donors (Lipinski definition) is 0. The van der Waals surface area contributed by atoms with E-state index < -0.39 is 13.3 Å². The van der Waals surface area contributed by atoms with Crippen LogP contribution in [0.3, 0.4) is 0 Å². The molecule has 1 aliphatic rings. The number of carbonyl (C=O) groups excluding carboxylic acids is 1. The van der Waals surface area contributed by atoms with Crippen LogP contribution in [0.15, 0.2) is 0 Å². The summed E-state index contributed by atoms with van der Waals surface area (Å²) in [5.74, 6) is -0.410. The molecule has 0 aromatic carbocycles. The fourth-order valence-electron chi connectivity index (χ4n) is 1.28. The van der Waals surface area contributed by atoms with Crippen molar-refractivity contribution in [1.29, 1.82) is 0 Å². The molecule has 1 rings (SSSR count). The van der Waals surface area contributed by atoms with Crippen molar-refractivity contribution in [3.63, 3.8) is 0 Å². The Morgan fingerprint density at radius 1 is 1.54 bits per heavy atom. The minimum absolute atomic E-state index is 0.0547. The standard InChI is InChI=1S/C8H15O4P/c1-2-11-8(9)7-13(10)6-4-3-5-12-13/h2-7H2,1H3. The van der Waals surface area contributed by atoms with Crippen LogP contribution in [-0.2, 0) is 18.6 Å². The van der Waals surface area contributed by atoms with Gasteiger partial charge >= 0.3 is 5.97 Å². The molecule has 1 unspecified atom stereocenters. The summed E-state index contributed by atoms with van der Waals surface area (Å²) in [5, 5.41) is 0. The number of esters is 1. The molecule has 1 aliphatic heterocycles. The second-order valence-corrected chi connectivity index (χ2v) is 5.69. The first kappa shape index (κ1) is 10.7. The van der Waals surface area contributed by atoms with E-state index >= 15 is 0 Å². The minimum atomic E-state index is -2.67. The lowest BCUT2D eigenvalue weighted by Gasteiger charge is -2.21. The van der Waals surface area contributed by atoms with Gasteiger partial charge in [-0.3, -0.25) is 9.36 Å². The van der Waals surface area contributed by atoms with E-state index in [1.165, 1.54) is 0 Å². The fraction of sp³-hybridized carbons (Fsp3) is 0.875. The van der Waals surface area contributed by atoms with Crippen LogP contribution in [-0.4, -0.2) is 31.5 Å². The van der Waals surface area contributed by atoms with E-state index in [1.807, 2.05) is 0 Å². The lowest BCUT2D eigenvalue weighted by Crippen LogP contribution is -2.16. The molecule has 0 aliphatic carbocycles. The van der Waals surface area contributed by atoms with Crippen molar-refractivity contribution in [2.24, 2.45) is 0 Å². The molecule has 1 heterocycles. The van der Waals surface area contributed by atoms with Crippen LogP contribution < -0.4 is 0 Å². The highest BCUT2D eigenvalue weighted by Crippen LogP contribution is 2.50. The predicted molar refractivity (Wildman–Crippen MR) is 49.2 cm³/mol. The predicted octanol–water partition coefficient (Wildman–Crippen LogP) is 1.64. The van der Waals surface area contributed by atoms with Gasteiger partial charge in [-0.05, 0) is 19.8 Å². The lowest BCUT2D eigenvalue weighted by atomic mass is 10.4. The van der Waals surface area contributed by atoms with Crippen LogP contribution in [0.5, 0.6) is 0 Å². The fourth-order valence-corrected chi connectivity index (χ4v) is 3.31. The van der Waals surface area contributed by atoms with Gasteiger partial charge < -0.3 is 9.26 Å². The molecule has 1 saturated heterocycles. The molecular formula is C8H15O4P. The summed E-state index contributed by atoms with van der Waals surface area (Å²) in [6.07, 6.45) is 2.29.